The van der Waals surface area contributed by atoms with E-state index >= 15 is 0 Å². The number of halogens is 1. The van der Waals surface area contributed by atoms with E-state index in [-0.39, 0.29) is 17.8 Å². The number of amides is 1. The second kappa shape index (κ2) is 7.12. The molecule has 0 radical (unpaired) electrons. The molecule has 2 heterocycles. The van der Waals surface area contributed by atoms with Gasteiger partial charge in [0.15, 0.2) is 0 Å². The summed E-state index contributed by atoms with van der Waals surface area (Å²) in [6.45, 7) is 3.62. The number of hydrogen-bond acceptors (Lipinski definition) is 2. The molecule has 4 nitrogen and oxygen atoms in total. The highest BCUT2D eigenvalue weighted by atomic mass is 35.5. The zero-order valence-corrected chi connectivity index (χ0v) is 15.6. The molecule has 2 aromatic carbocycles. The van der Waals surface area contributed by atoms with Crippen molar-refractivity contribution in [3.8, 4) is 0 Å². The van der Waals surface area contributed by atoms with Crippen molar-refractivity contribution in [2.45, 2.75) is 38.9 Å². The van der Waals surface area contributed by atoms with Crippen LogP contribution in [0.15, 0.2) is 48.8 Å². The van der Waals surface area contributed by atoms with Crippen LogP contribution < -0.4 is 0 Å². The van der Waals surface area contributed by atoms with E-state index < -0.39 is 0 Å². The van der Waals surface area contributed by atoms with Crippen molar-refractivity contribution in [2.75, 3.05) is 5.88 Å². The third-order valence-electron chi connectivity index (χ3n) is 5.45. The van der Waals surface area contributed by atoms with Crippen LogP contribution in [0.1, 0.15) is 23.4 Å². The van der Waals surface area contributed by atoms with Gasteiger partial charge in [0, 0.05) is 37.9 Å². The Bertz CT molecular complexity index is 949. The predicted molar refractivity (Wildman–Crippen MR) is 104 cm³/mol. The van der Waals surface area contributed by atoms with Gasteiger partial charge in [-0.2, -0.15) is 0 Å². The van der Waals surface area contributed by atoms with Crippen LogP contribution in [0.2, 0.25) is 0 Å². The lowest BCUT2D eigenvalue weighted by atomic mass is 9.98. The highest BCUT2D eigenvalue weighted by Gasteiger charge is 2.28. The minimum atomic E-state index is -0.00997. The van der Waals surface area contributed by atoms with Crippen LogP contribution in [0.4, 0.5) is 0 Å². The topological polar surface area (TPSA) is 38.1 Å². The lowest BCUT2D eigenvalue weighted by molar-refractivity contribution is -0.132. The fourth-order valence-electron chi connectivity index (χ4n) is 3.93. The van der Waals surface area contributed by atoms with Gasteiger partial charge in [-0.1, -0.05) is 36.4 Å². The van der Waals surface area contributed by atoms with Gasteiger partial charge in [-0.05, 0) is 35.2 Å². The molecule has 1 amide bonds. The Balaban J connectivity index is 1.64. The summed E-state index contributed by atoms with van der Waals surface area (Å²) in [6, 6.07) is 12.8. The minimum Gasteiger partial charge on any atom is -0.335 e. The molecule has 3 aromatic rings. The summed E-state index contributed by atoms with van der Waals surface area (Å²) < 4.78 is 2.17. The minimum absolute atomic E-state index is 0.00997. The number of alkyl halides is 1. The zero-order chi connectivity index (χ0) is 18.1. The molecule has 1 aliphatic rings. The molecular weight excluding hydrogens is 346 g/mol. The molecular formula is C21H22ClN3O. The number of imidazole rings is 1. The summed E-state index contributed by atoms with van der Waals surface area (Å²) in [4.78, 5) is 19.0. The number of carbonyl (C=O) groups is 1. The van der Waals surface area contributed by atoms with Gasteiger partial charge in [0.2, 0.25) is 5.91 Å². The van der Waals surface area contributed by atoms with Crippen LogP contribution >= 0.6 is 11.6 Å². The molecule has 1 atom stereocenters. The molecule has 1 unspecified atom stereocenters. The van der Waals surface area contributed by atoms with E-state index in [1.165, 1.54) is 21.9 Å². The van der Waals surface area contributed by atoms with E-state index in [1.54, 1.807) is 0 Å². The summed E-state index contributed by atoms with van der Waals surface area (Å²) >= 11 is 5.93. The van der Waals surface area contributed by atoms with E-state index in [2.05, 4.69) is 52.9 Å². The maximum atomic E-state index is 12.6. The van der Waals surface area contributed by atoms with E-state index in [1.807, 2.05) is 17.3 Å². The van der Waals surface area contributed by atoms with Gasteiger partial charge in [-0.15, -0.1) is 11.6 Å². The summed E-state index contributed by atoms with van der Waals surface area (Å²) in [6.07, 6.45) is 5.55. The third kappa shape index (κ3) is 3.10. The number of rotatable bonds is 4. The van der Waals surface area contributed by atoms with E-state index in [9.17, 15) is 4.79 Å². The van der Waals surface area contributed by atoms with Gasteiger partial charge in [-0.3, -0.25) is 4.79 Å². The molecule has 0 spiro atoms. The molecule has 5 heteroatoms. The zero-order valence-electron chi connectivity index (χ0n) is 14.9. The Hall–Kier alpha value is -2.33. The lowest BCUT2D eigenvalue weighted by Gasteiger charge is -2.35. The molecule has 4 rings (SSSR count). The number of hydrogen-bond donors (Lipinski definition) is 0. The molecule has 0 saturated heterocycles. The van der Waals surface area contributed by atoms with Crippen LogP contribution in [-0.2, 0) is 24.3 Å². The average Bonchev–Trinajstić information content (AvgIpc) is 3.15. The van der Waals surface area contributed by atoms with Gasteiger partial charge >= 0.3 is 0 Å². The maximum Gasteiger partial charge on any atom is 0.238 e. The highest BCUT2D eigenvalue weighted by molar-refractivity contribution is 6.27. The van der Waals surface area contributed by atoms with Crippen molar-refractivity contribution in [3.63, 3.8) is 0 Å². The van der Waals surface area contributed by atoms with Gasteiger partial charge in [0.05, 0.1) is 0 Å². The Kier molecular flexibility index (Phi) is 4.68. The number of aryl methyl sites for hydroxylation is 2. The maximum absolute atomic E-state index is 12.6. The molecule has 0 N–H and O–H groups in total. The van der Waals surface area contributed by atoms with E-state index in [0.29, 0.717) is 6.54 Å². The normalized spacial score (nSPS) is 16.5. The summed E-state index contributed by atoms with van der Waals surface area (Å²) in [5, 5.41) is 2.46. The highest BCUT2D eigenvalue weighted by Crippen LogP contribution is 2.26. The molecule has 0 aliphatic carbocycles. The third-order valence-corrected chi connectivity index (χ3v) is 5.68. The molecule has 0 bridgehead atoms. The molecule has 1 aliphatic heterocycles. The standard InChI is InChI=1S/C21H22ClN3O/c1-15-17(7-6-16-4-2-3-5-19(15)16)14-25(21(26)13-22)18-8-10-24-11-9-23-20(24)12-18/h2-7,9,11,18H,8,10,12-14H2,1H3. The van der Waals surface area contributed by atoms with E-state index in [4.69, 9.17) is 11.6 Å². The first-order valence-corrected chi connectivity index (χ1v) is 9.53. The van der Waals surface area contributed by atoms with Crippen LogP contribution in [0.3, 0.4) is 0 Å². The van der Waals surface area contributed by atoms with Crippen molar-refractivity contribution in [2.24, 2.45) is 0 Å². The van der Waals surface area contributed by atoms with E-state index in [0.717, 1.165) is 25.2 Å². The van der Waals surface area contributed by atoms with Crippen LogP contribution in [-0.4, -0.2) is 32.3 Å². The lowest BCUT2D eigenvalue weighted by Crippen LogP contribution is -2.44. The largest absolute Gasteiger partial charge is 0.335 e. The number of nitrogens with zero attached hydrogens (tertiary/aromatic N) is 3. The number of benzene rings is 2. The Morgan fingerprint density at radius 3 is 3.00 bits per heavy atom. The molecule has 0 fully saturated rings. The first-order chi connectivity index (χ1) is 12.7. The second-order valence-electron chi connectivity index (χ2n) is 6.91. The van der Waals surface area contributed by atoms with Gasteiger partial charge in [0.1, 0.15) is 11.7 Å². The monoisotopic (exact) mass is 367 g/mol. The van der Waals surface area contributed by atoms with Gasteiger partial charge < -0.3 is 9.47 Å². The average molecular weight is 368 g/mol. The van der Waals surface area contributed by atoms with Crippen LogP contribution in [0.5, 0.6) is 0 Å². The summed E-state index contributed by atoms with van der Waals surface area (Å²) in [5.74, 6) is 1.05. The Labute approximate surface area is 158 Å². The van der Waals surface area contributed by atoms with Crippen molar-refractivity contribution >= 4 is 28.3 Å². The van der Waals surface area contributed by atoms with Gasteiger partial charge in [-0.25, -0.2) is 4.98 Å². The van der Waals surface area contributed by atoms with Crippen molar-refractivity contribution in [1.29, 1.82) is 0 Å². The number of aromatic nitrogens is 2. The van der Waals surface area contributed by atoms with Crippen molar-refractivity contribution < 1.29 is 4.79 Å². The molecule has 0 saturated carbocycles. The summed E-state index contributed by atoms with van der Waals surface area (Å²) in [7, 11) is 0. The quantitative estimate of drug-likeness (QED) is 0.655. The van der Waals surface area contributed by atoms with Gasteiger partial charge in [0.25, 0.3) is 0 Å². The van der Waals surface area contributed by atoms with Crippen molar-refractivity contribution in [3.05, 3.63) is 65.7 Å². The first-order valence-electron chi connectivity index (χ1n) is 9.00. The Morgan fingerprint density at radius 1 is 1.31 bits per heavy atom. The molecule has 26 heavy (non-hydrogen) atoms. The SMILES string of the molecule is Cc1c(CN(C(=O)CCl)C2CCn3ccnc3C2)ccc2ccccc12. The number of fused-ring (bicyclic) bond motifs is 2. The summed E-state index contributed by atoms with van der Waals surface area (Å²) in [5.41, 5.74) is 2.41. The molecule has 1 aromatic heterocycles. The molecule has 134 valence electrons. The fraction of sp³-hybridized carbons (Fsp3) is 0.333. The van der Waals surface area contributed by atoms with Crippen molar-refractivity contribution in [1.82, 2.24) is 14.5 Å². The first kappa shape index (κ1) is 17.1. The Morgan fingerprint density at radius 2 is 2.15 bits per heavy atom. The predicted octanol–water partition coefficient (Wildman–Crippen LogP) is 3.93. The second-order valence-corrected chi connectivity index (χ2v) is 7.18. The van der Waals surface area contributed by atoms with Crippen LogP contribution in [0.25, 0.3) is 10.8 Å². The fourth-order valence-corrected chi connectivity index (χ4v) is 4.08. The smallest absolute Gasteiger partial charge is 0.238 e. The van der Waals surface area contributed by atoms with Crippen LogP contribution in [0, 0.1) is 6.92 Å². The number of carbonyl (C=O) groups excluding carboxylic acids is 1.